The zero-order valence-electron chi connectivity index (χ0n) is 13.9. The molecule has 0 radical (unpaired) electrons. The Kier molecular flexibility index (Phi) is 5.04. The van der Waals surface area contributed by atoms with E-state index in [2.05, 4.69) is 4.98 Å². The van der Waals surface area contributed by atoms with E-state index in [1.165, 1.54) is 12.1 Å². The Morgan fingerprint density at radius 2 is 1.85 bits per heavy atom. The highest BCUT2D eigenvalue weighted by molar-refractivity contribution is 5.94. The van der Waals surface area contributed by atoms with Crippen LogP contribution in [0.4, 0.5) is 4.39 Å². The van der Waals surface area contributed by atoms with Crippen LogP contribution in [0.1, 0.15) is 27.2 Å². The minimum Gasteiger partial charge on any atom is -0.366 e. The van der Waals surface area contributed by atoms with Crippen molar-refractivity contribution in [2.75, 3.05) is 0 Å². The van der Waals surface area contributed by atoms with Crippen molar-refractivity contribution in [1.82, 2.24) is 4.98 Å². The van der Waals surface area contributed by atoms with E-state index in [0.717, 1.165) is 16.8 Å². The number of halogens is 1. The first-order valence-corrected chi connectivity index (χ1v) is 8.11. The summed E-state index contributed by atoms with van der Waals surface area (Å²) < 4.78 is 13.8. The van der Waals surface area contributed by atoms with Crippen LogP contribution in [0.3, 0.4) is 0 Å². The number of rotatable bonds is 5. The van der Waals surface area contributed by atoms with Gasteiger partial charge in [0.2, 0.25) is 5.91 Å². The van der Waals surface area contributed by atoms with E-state index in [9.17, 15) is 9.18 Å². The number of aryl methyl sites for hydroxylation is 2. The van der Waals surface area contributed by atoms with Gasteiger partial charge in [0.05, 0.1) is 5.56 Å². The molecule has 0 saturated heterocycles. The number of pyridine rings is 1. The van der Waals surface area contributed by atoms with Crippen molar-refractivity contribution < 1.29 is 9.18 Å². The molecule has 0 fully saturated rings. The van der Waals surface area contributed by atoms with Gasteiger partial charge in [-0.05, 0) is 59.9 Å². The van der Waals surface area contributed by atoms with Gasteiger partial charge >= 0.3 is 0 Å². The lowest BCUT2D eigenvalue weighted by molar-refractivity contribution is 0.0999. The van der Waals surface area contributed by atoms with Crippen LogP contribution < -0.4 is 5.73 Å². The van der Waals surface area contributed by atoms with E-state index < -0.39 is 11.7 Å². The summed E-state index contributed by atoms with van der Waals surface area (Å²) in [5.41, 5.74) is 9.14. The topological polar surface area (TPSA) is 79.8 Å². The highest BCUT2D eigenvalue weighted by Gasteiger charge is 2.09. The molecule has 0 bridgehead atoms. The van der Waals surface area contributed by atoms with Gasteiger partial charge in [-0.15, -0.1) is 0 Å². The van der Waals surface area contributed by atoms with Crippen molar-refractivity contribution in [2.24, 2.45) is 5.73 Å². The van der Waals surface area contributed by atoms with Crippen molar-refractivity contribution >= 4 is 5.91 Å². The molecule has 0 unspecified atom stereocenters. The van der Waals surface area contributed by atoms with Gasteiger partial charge in [-0.25, -0.2) is 4.39 Å². The van der Waals surface area contributed by atoms with Crippen LogP contribution >= 0.6 is 0 Å². The molecule has 3 rings (SSSR count). The van der Waals surface area contributed by atoms with Crippen LogP contribution in [-0.2, 0) is 12.8 Å². The number of nitrogens with zero attached hydrogens (tertiary/aromatic N) is 2. The van der Waals surface area contributed by atoms with E-state index in [1.807, 2.05) is 24.3 Å². The number of hydrogen-bond donors (Lipinski definition) is 1. The molecule has 1 heterocycles. The molecule has 4 nitrogen and oxygen atoms in total. The smallest absolute Gasteiger partial charge is 0.248 e. The maximum atomic E-state index is 13.8. The zero-order valence-corrected chi connectivity index (χ0v) is 13.9. The summed E-state index contributed by atoms with van der Waals surface area (Å²) in [4.78, 5) is 15.9. The average Bonchev–Trinajstić information content (AvgIpc) is 2.66. The van der Waals surface area contributed by atoms with E-state index in [1.54, 1.807) is 30.5 Å². The van der Waals surface area contributed by atoms with Gasteiger partial charge in [0.25, 0.3) is 0 Å². The second-order valence-electron chi connectivity index (χ2n) is 5.86. The van der Waals surface area contributed by atoms with Crippen molar-refractivity contribution in [3.05, 3.63) is 89.0 Å². The molecule has 0 aliphatic heterocycles. The predicted octanol–water partition coefficient (Wildman–Crippen LogP) is 3.64. The first kappa shape index (κ1) is 17.3. The largest absolute Gasteiger partial charge is 0.366 e. The fraction of sp³-hybridized carbons (Fsp3) is 0.0952. The van der Waals surface area contributed by atoms with Gasteiger partial charge in [0.15, 0.2) is 0 Å². The molecule has 0 atom stereocenters. The third-order valence-electron chi connectivity index (χ3n) is 4.17. The summed E-state index contributed by atoms with van der Waals surface area (Å²) in [6.07, 6.45) is 2.91. The highest BCUT2D eigenvalue weighted by atomic mass is 19.1. The molecule has 3 aromatic rings. The van der Waals surface area contributed by atoms with Gasteiger partial charge in [-0.1, -0.05) is 24.3 Å². The number of amides is 1. The summed E-state index contributed by atoms with van der Waals surface area (Å²) >= 11 is 0. The lowest BCUT2D eigenvalue weighted by Crippen LogP contribution is -2.14. The molecule has 128 valence electrons. The first-order valence-electron chi connectivity index (χ1n) is 8.11. The summed E-state index contributed by atoms with van der Waals surface area (Å²) in [7, 11) is 0. The summed E-state index contributed by atoms with van der Waals surface area (Å²) in [5, 5.41) is 8.83. The molecular formula is C21H16FN3O. The zero-order chi connectivity index (χ0) is 18.5. The summed E-state index contributed by atoms with van der Waals surface area (Å²) in [6, 6.07) is 17.2. The number of aromatic nitrogens is 1. The summed E-state index contributed by atoms with van der Waals surface area (Å²) in [5.74, 6) is -0.992. The number of carbonyl (C=O) groups is 1. The van der Waals surface area contributed by atoms with Gasteiger partial charge in [0.1, 0.15) is 11.9 Å². The maximum Gasteiger partial charge on any atom is 0.248 e. The lowest BCUT2D eigenvalue weighted by Gasteiger charge is -2.08. The SMILES string of the molecule is N#Cc1ccc(-c2ccnc(CCc3ccccc3C(N)=O)c2)cc1F. The average molecular weight is 345 g/mol. The van der Waals surface area contributed by atoms with E-state index >= 15 is 0 Å². The normalized spacial score (nSPS) is 10.3. The highest BCUT2D eigenvalue weighted by Crippen LogP contribution is 2.22. The van der Waals surface area contributed by atoms with E-state index in [0.29, 0.717) is 24.0 Å². The lowest BCUT2D eigenvalue weighted by atomic mass is 9.99. The first-order chi connectivity index (χ1) is 12.6. The fourth-order valence-electron chi connectivity index (χ4n) is 2.82. The molecule has 0 spiro atoms. The molecule has 0 saturated carbocycles. The Labute approximate surface area is 150 Å². The maximum absolute atomic E-state index is 13.8. The van der Waals surface area contributed by atoms with Crippen molar-refractivity contribution in [3.8, 4) is 17.2 Å². The van der Waals surface area contributed by atoms with Crippen LogP contribution in [0.5, 0.6) is 0 Å². The molecule has 0 aliphatic rings. The van der Waals surface area contributed by atoms with Gasteiger partial charge in [-0.2, -0.15) is 5.26 Å². The number of primary amides is 1. The van der Waals surface area contributed by atoms with Gasteiger partial charge < -0.3 is 5.73 Å². The summed E-state index contributed by atoms with van der Waals surface area (Å²) in [6.45, 7) is 0. The Balaban J connectivity index is 1.82. The Hall–Kier alpha value is -3.52. The fourth-order valence-corrected chi connectivity index (χ4v) is 2.82. The number of nitriles is 1. The molecule has 5 heteroatoms. The molecule has 2 aromatic carbocycles. The van der Waals surface area contributed by atoms with E-state index in [-0.39, 0.29) is 5.56 Å². The molecule has 1 amide bonds. The van der Waals surface area contributed by atoms with Crippen molar-refractivity contribution in [3.63, 3.8) is 0 Å². The molecule has 0 aliphatic carbocycles. The van der Waals surface area contributed by atoms with Crippen molar-refractivity contribution in [1.29, 1.82) is 5.26 Å². The second-order valence-corrected chi connectivity index (χ2v) is 5.86. The van der Waals surface area contributed by atoms with Gasteiger partial charge in [0, 0.05) is 17.5 Å². The number of hydrogen-bond acceptors (Lipinski definition) is 3. The molecule has 1 aromatic heterocycles. The number of benzene rings is 2. The van der Waals surface area contributed by atoms with Crippen LogP contribution in [0, 0.1) is 17.1 Å². The monoisotopic (exact) mass is 345 g/mol. The van der Waals surface area contributed by atoms with Crippen LogP contribution in [0.15, 0.2) is 60.8 Å². The van der Waals surface area contributed by atoms with Crippen LogP contribution in [0.25, 0.3) is 11.1 Å². The predicted molar refractivity (Wildman–Crippen MR) is 96.7 cm³/mol. The van der Waals surface area contributed by atoms with E-state index in [4.69, 9.17) is 11.0 Å². The molecule has 26 heavy (non-hydrogen) atoms. The second kappa shape index (κ2) is 7.58. The van der Waals surface area contributed by atoms with Gasteiger partial charge in [-0.3, -0.25) is 9.78 Å². The standard InChI is InChI=1S/C21H16FN3O/c22-20-12-15(5-6-17(20)13-23)16-9-10-25-18(11-16)8-7-14-3-1-2-4-19(14)21(24)26/h1-6,9-12H,7-8H2,(H2,24,26). The molecule has 2 N–H and O–H groups in total. The minimum atomic E-state index is -0.543. The Morgan fingerprint density at radius 1 is 1.08 bits per heavy atom. The Bertz CT molecular complexity index is 1010. The third-order valence-corrected chi connectivity index (χ3v) is 4.17. The Morgan fingerprint density at radius 3 is 2.58 bits per heavy atom. The number of carbonyl (C=O) groups excluding carboxylic acids is 1. The van der Waals surface area contributed by atoms with Crippen LogP contribution in [0.2, 0.25) is 0 Å². The number of nitrogens with two attached hydrogens (primary N) is 1. The quantitative estimate of drug-likeness (QED) is 0.766. The molecular weight excluding hydrogens is 329 g/mol. The third kappa shape index (κ3) is 3.76. The van der Waals surface area contributed by atoms with Crippen LogP contribution in [-0.4, -0.2) is 10.9 Å². The minimum absolute atomic E-state index is 0.0195. The van der Waals surface area contributed by atoms with Crippen molar-refractivity contribution in [2.45, 2.75) is 12.8 Å².